The molecule has 1 amide bonds. The molecule has 6 heteroatoms. The molecular formula is C16H25NO5. The van der Waals surface area contributed by atoms with E-state index >= 15 is 0 Å². The number of carbonyl (C=O) groups is 3. The van der Waals surface area contributed by atoms with Gasteiger partial charge in [-0.3, -0.25) is 14.4 Å². The number of rotatable bonds is 3. The van der Waals surface area contributed by atoms with Gasteiger partial charge < -0.3 is 15.1 Å². The van der Waals surface area contributed by atoms with Crippen molar-refractivity contribution >= 4 is 17.8 Å². The van der Waals surface area contributed by atoms with Crippen molar-refractivity contribution in [2.75, 3.05) is 13.1 Å². The van der Waals surface area contributed by atoms with Gasteiger partial charge in [0, 0.05) is 19.0 Å². The molecule has 0 bridgehead atoms. The summed E-state index contributed by atoms with van der Waals surface area (Å²) in [7, 11) is 0. The van der Waals surface area contributed by atoms with E-state index in [1.54, 1.807) is 11.8 Å². The fourth-order valence-electron chi connectivity index (χ4n) is 3.88. The zero-order valence-electron chi connectivity index (χ0n) is 13.5. The number of carboxylic acids is 2. The highest BCUT2D eigenvalue weighted by Gasteiger charge is 2.58. The van der Waals surface area contributed by atoms with Crippen LogP contribution in [0.5, 0.6) is 0 Å². The van der Waals surface area contributed by atoms with Crippen molar-refractivity contribution in [1.29, 1.82) is 0 Å². The quantitative estimate of drug-likeness (QED) is 0.829. The van der Waals surface area contributed by atoms with E-state index in [1.165, 1.54) is 0 Å². The first-order chi connectivity index (χ1) is 10.1. The van der Waals surface area contributed by atoms with Gasteiger partial charge in [0.1, 0.15) is 0 Å². The van der Waals surface area contributed by atoms with Crippen LogP contribution in [0.2, 0.25) is 0 Å². The second-order valence-electron chi connectivity index (χ2n) is 7.39. The van der Waals surface area contributed by atoms with Gasteiger partial charge in [0.05, 0.1) is 11.3 Å². The molecule has 6 nitrogen and oxygen atoms in total. The van der Waals surface area contributed by atoms with Gasteiger partial charge in [-0.15, -0.1) is 0 Å². The van der Waals surface area contributed by atoms with Crippen LogP contribution in [0.3, 0.4) is 0 Å². The summed E-state index contributed by atoms with van der Waals surface area (Å²) in [4.78, 5) is 37.1. The molecule has 1 aliphatic heterocycles. The van der Waals surface area contributed by atoms with E-state index in [0.717, 1.165) is 0 Å². The highest BCUT2D eigenvalue weighted by atomic mass is 16.4. The lowest BCUT2D eigenvalue weighted by Crippen LogP contribution is -2.48. The molecule has 2 aliphatic rings. The molecule has 0 spiro atoms. The average Bonchev–Trinajstić information content (AvgIpc) is 2.70. The van der Waals surface area contributed by atoms with Crippen molar-refractivity contribution in [3.05, 3.63) is 0 Å². The van der Waals surface area contributed by atoms with E-state index in [9.17, 15) is 19.5 Å². The standard InChI is InChI=1S/C16H25NO5/c1-15(2)11(4-7-16(15,3)14(21)22)12(18)17-8-5-10(6-9-17)13(19)20/h10-11H,4-9H2,1-3H3,(H,19,20)(H,21,22)/t11-,16+/m1/s1. The molecule has 1 aliphatic carbocycles. The van der Waals surface area contributed by atoms with Crippen LogP contribution in [-0.4, -0.2) is 46.0 Å². The third-order valence-electron chi connectivity index (χ3n) is 6.15. The Bertz CT molecular complexity index is 493. The van der Waals surface area contributed by atoms with E-state index in [-0.39, 0.29) is 17.7 Å². The molecule has 2 fully saturated rings. The zero-order valence-corrected chi connectivity index (χ0v) is 13.5. The SMILES string of the molecule is CC1(C)[C@@H](C(=O)N2CCC(C(=O)O)CC2)CC[C@@]1(C)C(=O)O. The van der Waals surface area contributed by atoms with Crippen molar-refractivity contribution in [3.8, 4) is 0 Å². The van der Waals surface area contributed by atoms with Gasteiger partial charge in [-0.2, -0.15) is 0 Å². The lowest BCUT2D eigenvalue weighted by Gasteiger charge is -2.40. The van der Waals surface area contributed by atoms with E-state index < -0.39 is 22.8 Å². The van der Waals surface area contributed by atoms with Crippen LogP contribution in [0.4, 0.5) is 0 Å². The lowest BCUT2D eigenvalue weighted by atomic mass is 9.65. The maximum Gasteiger partial charge on any atom is 0.309 e. The Morgan fingerprint density at radius 2 is 1.55 bits per heavy atom. The molecular weight excluding hydrogens is 286 g/mol. The fraction of sp³-hybridized carbons (Fsp3) is 0.812. The van der Waals surface area contributed by atoms with Crippen molar-refractivity contribution in [2.45, 2.75) is 46.5 Å². The van der Waals surface area contributed by atoms with E-state index in [4.69, 9.17) is 5.11 Å². The predicted octanol–water partition coefficient (Wildman–Crippen LogP) is 1.84. The smallest absolute Gasteiger partial charge is 0.309 e. The summed E-state index contributed by atoms with van der Waals surface area (Å²) in [6.45, 7) is 6.35. The summed E-state index contributed by atoms with van der Waals surface area (Å²) in [5.74, 6) is -2.34. The normalized spacial score (nSPS) is 32.0. The Balaban J connectivity index is 2.09. The fourth-order valence-corrected chi connectivity index (χ4v) is 3.88. The second kappa shape index (κ2) is 5.56. The highest BCUT2D eigenvalue weighted by molar-refractivity contribution is 5.84. The molecule has 2 rings (SSSR count). The molecule has 0 radical (unpaired) electrons. The molecule has 124 valence electrons. The van der Waals surface area contributed by atoms with Crippen LogP contribution in [0.1, 0.15) is 46.5 Å². The van der Waals surface area contributed by atoms with Crippen LogP contribution in [0, 0.1) is 22.7 Å². The third-order valence-corrected chi connectivity index (χ3v) is 6.15. The molecule has 1 heterocycles. The van der Waals surface area contributed by atoms with Crippen molar-refractivity contribution in [1.82, 2.24) is 4.90 Å². The molecule has 22 heavy (non-hydrogen) atoms. The third kappa shape index (κ3) is 2.48. The summed E-state index contributed by atoms with van der Waals surface area (Å²) in [5.41, 5.74) is -1.51. The summed E-state index contributed by atoms with van der Waals surface area (Å²) in [6.07, 6.45) is 2.03. The Hall–Kier alpha value is -1.59. The first kappa shape index (κ1) is 16.8. The van der Waals surface area contributed by atoms with Crippen LogP contribution in [0.15, 0.2) is 0 Å². The number of aliphatic carboxylic acids is 2. The van der Waals surface area contributed by atoms with E-state index in [0.29, 0.717) is 38.8 Å². The Morgan fingerprint density at radius 3 is 1.95 bits per heavy atom. The number of amides is 1. The van der Waals surface area contributed by atoms with E-state index in [2.05, 4.69) is 0 Å². The maximum absolute atomic E-state index is 12.8. The van der Waals surface area contributed by atoms with Gasteiger partial charge in [-0.05, 0) is 38.0 Å². The number of nitrogens with zero attached hydrogens (tertiary/aromatic N) is 1. The van der Waals surface area contributed by atoms with Gasteiger partial charge in [0.2, 0.25) is 5.91 Å². The first-order valence-corrected chi connectivity index (χ1v) is 7.86. The van der Waals surface area contributed by atoms with Crippen LogP contribution >= 0.6 is 0 Å². The summed E-state index contributed by atoms with van der Waals surface area (Å²) < 4.78 is 0. The average molecular weight is 311 g/mol. The minimum absolute atomic E-state index is 0.0150. The van der Waals surface area contributed by atoms with Crippen molar-refractivity contribution in [3.63, 3.8) is 0 Å². The van der Waals surface area contributed by atoms with Gasteiger partial charge in [0.15, 0.2) is 0 Å². The predicted molar refractivity (Wildman–Crippen MR) is 79.2 cm³/mol. The summed E-state index contributed by atoms with van der Waals surface area (Å²) in [6, 6.07) is 0. The zero-order chi connectivity index (χ0) is 16.7. The molecule has 0 aromatic rings. The van der Waals surface area contributed by atoms with Gasteiger partial charge in [-0.25, -0.2) is 0 Å². The molecule has 0 aromatic heterocycles. The number of likely N-dealkylation sites (tertiary alicyclic amines) is 1. The van der Waals surface area contributed by atoms with Crippen molar-refractivity contribution < 1.29 is 24.6 Å². The summed E-state index contributed by atoms with van der Waals surface area (Å²) >= 11 is 0. The first-order valence-electron chi connectivity index (χ1n) is 7.86. The Kier molecular flexibility index (Phi) is 4.24. The largest absolute Gasteiger partial charge is 0.481 e. The second-order valence-corrected chi connectivity index (χ2v) is 7.39. The monoisotopic (exact) mass is 311 g/mol. The van der Waals surface area contributed by atoms with Crippen molar-refractivity contribution in [2.24, 2.45) is 22.7 Å². The van der Waals surface area contributed by atoms with Crippen LogP contribution in [0.25, 0.3) is 0 Å². The highest BCUT2D eigenvalue weighted by Crippen LogP contribution is 2.56. The topological polar surface area (TPSA) is 94.9 Å². The number of hydrogen-bond donors (Lipinski definition) is 2. The molecule has 0 unspecified atom stereocenters. The van der Waals surface area contributed by atoms with Gasteiger partial charge >= 0.3 is 11.9 Å². The minimum Gasteiger partial charge on any atom is -0.481 e. The Labute approximate surface area is 130 Å². The van der Waals surface area contributed by atoms with Crippen LogP contribution < -0.4 is 0 Å². The number of piperidine rings is 1. The molecule has 0 aromatic carbocycles. The molecule has 2 atom stereocenters. The maximum atomic E-state index is 12.8. The minimum atomic E-state index is -0.896. The number of hydrogen-bond acceptors (Lipinski definition) is 3. The van der Waals surface area contributed by atoms with E-state index in [1.807, 2.05) is 13.8 Å². The van der Waals surface area contributed by atoms with Gasteiger partial charge in [-0.1, -0.05) is 13.8 Å². The summed E-state index contributed by atoms with van der Waals surface area (Å²) in [5, 5.41) is 18.5. The van der Waals surface area contributed by atoms with Gasteiger partial charge in [0.25, 0.3) is 0 Å². The lowest BCUT2D eigenvalue weighted by molar-refractivity contribution is -0.157. The molecule has 1 saturated carbocycles. The number of carboxylic acid groups (broad SMARTS) is 2. The Morgan fingerprint density at radius 1 is 1.00 bits per heavy atom. The number of carbonyl (C=O) groups excluding carboxylic acids is 1. The molecule has 2 N–H and O–H groups in total. The van der Waals surface area contributed by atoms with Crippen LogP contribution in [-0.2, 0) is 14.4 Å². The molecule has 1 saturated heterocycles.